The number of halogens is 1. The fraction of sp³-hybridized carbons (Fsp3) is 0.357. The highest BCUT2D eigenvalue weighted by Crippen LogP contribution is 2.44. The summed E-state index contributed by atoms with van der Waals surface area (Å²) in [6, 6.07) is 10.00. The molecule has 0 spiro atoms. The summed E-state index contributed by atoms with van der Waals surface area (Å²) in [5, 5.41) is 3.32. The third kappa shape index (κ3) is 4.63. The average Bonchev–Trinajstić information content (AvgIpc) is 2.79. The molecule has 1 aliphatic heterocycles. The Morgan fingerprint density at radius 2 is 1.82 bits per heavy atom. The number of rotatable bonds is 6. The zero-order chi connectivity index (χ0) is 24.4. The lowest BCUT2D eigenvalue weighted by Crippen LogP contribution is -2.34. The van der Waals surface area contributed by atoms with Crippen LogP contribution in [0.4, 0.5) is 4.39 Å². The summed E-state index contributed by atoms with van der Waals surface area (Å²) in [6.07, 6.45) is 2.04. The molecule has 1 N–H and O–H groups in total. The van der Waals surface area contributed by atoms with Gasteiger partial charge in [-0.2, -0.15) is 0 Å². The van der Waals surface area contributed by atoms with E-state index in [0.717, 1.165) is 46.5 Å². The van der Waals surface area contributed by atoms with Crippen LogP contribution < -0.4 is 10.1 Å². The summed E-state index contributed by atoms with van der Waals surface area (Å²) in [7, 11) is 0. The van der Waals surface area contributed by atoms with E-state index in [1.54, 1.807) is 19.1 Å². The van der Waals surface area contributed by atoms with Gasteiger partial charge in [-0.1, -0.05) is 12.1 Å². The van der Waals surface area contributed by atoms with E-state index in [2.05, 4.69) is 11.4 Å². The zero-order valence-corrected chi connectivity index (χ0v) is 20.1. The molecule has 2 aliphatic rings. The highest BCUT2D eigenvalue weighted by atomic mass is 19.1. The summed E-state index contributed by atoms with van der Waals surface area (Å²) in [4.78, 5) is 26.2. The Balaban J connectivity index is 1.78. The molecule has 1 heterocycles. The molecule has 1 aliphatic carbocycles. The van der Waals surface area contributed by atoms with E-state index < -0.39 is 11.9 Å². The minimum absolute atomic E-state index is 0.0668. The molecule has 0 unspecified atom stereocenters. The average molecular weight is 464 g/mol. The number of ketones is 1. The zero-order valence-electron chi connectivity index (χ0n) is 20.1. The molecule has 0 saturated carbocycles. The van der Waals surface area contributed by atoms with E-state index in [9.17, 15) is 14.0 Å². The molecule has 5 nitrogen and oxygen atoms in total. The van der Waals surface area contributed by atoms with Gasteiger partial charge < -0.3 is 14.8 Å². The topological polar surface area (TPSA) is 64.6 Å². The normalized spacial score (nSPS) is 17.9. The van der Waals surface area contributed by atoms with E-state index in [1.165, 1.54) is 12.1 Å². The standard InChI is InChI=1S/C28H30FNO4/c1-5-33-28(32)25-18(4)30-23-7-6-8-24(31)27(23)26(25)22-14-19(16(2)13-17(22)3)15-34-21-11-9-20(29)10-12-21/h9-14,26,30H,5-8,15H2,1-4H3/t26-/m1/s1. The lowest BCUT2D eigenvalue weighted by atomic mass is 9.73. The second-order valence-corrected chi connectivity index (χ2v) is 8.86. The number of carbonyl (C=O) groups is 2. The van der Waals surface area contributed by atoms with E-state index in [1.807, 2.05) is 26.8 Å². The van der Waals surface area contributed by atoms with Crippen LogP contribution in [0, 0.1) is 19.7 Å². The lowest BCUT2D eigenvalue weighted by Gasteiger charge is -2.35. The fourth-order valence-electron chi connectivity index (χ4n) is 4.85. The van der Waals surface area contributed by atoms with E-state index in [4.69, 9.17) is 9.47 Å². The molecule has 34 heavy (non-hydrogen) atoms. The molecule has 6 heteroatoms. The molecule has 178 valence electrons. The van der Waals surface area contributed by atoms with Gasteiger partial charge in [-0.3, -0.25) is 4.79 Å². The van der Waals surface area contributed by atoms with Gasteiger partial charge in [0.1, 0.15) is 18.2 Å². The molecule has 0 bridgehead atoms. The van der Waals surface area contributed by atoms with Crippen LogP contribution in [-0.4, -0.2) is 18.4 Å². The summed E-state index contributed by atoms with van der Waals surface area (Å²) < 4.78 is 24.6. The van der Waals surface area contributed by atoms with Crippen LogP contribution in [0.1, 0.15) is 61.3 Å². The monoisotopic (exact) mass is 463 g/mol. The minimum atomic E-state index is -0.492. The molecule has 0 saturated heterocycles. The van der Waals surface area contributed by atoms with Crippen LogP contribution in [0.3, 0.4) is 0 Å². The maximum Gasteiger partial charge on any atom is 0.336 e. The van der Waals surface area contributed by atoms with Crippen molar-refractivity contribution in [3.63, 3.8) is 0 Å². The first-order chi connectivity index (χ1) is 16.3. The van der Waals surface area contributed by atoms with Crippen molar-refractivity contribution in [2.45, 2.75) is 59.5 Å². The van der Waals surface area contributed by atoms with Gasteiger partial charge in [-0.15, -0.1) is 0 Å². The number of carbonyl (C=O) groups excluding carboxylic acids is 2. The van der Waals surface area contributed by atoms with Crippen LogP contribution in [0.25, 0.3) is 0 Å². The van der Waals surface area contributed by atoms with Crippen LogP contribution in [-0.2, 0) is 20.9 Å². The molecule has 2 aromatic carbocycles. The number of esters is 1. The molecule has 0 amide bonds. The minimum Gasteiger partial charge on any atom is -0.489 e. The molecule has 0 aromatic heterocycles. The number of aryl methyl sites for hydroxylation is 2. The first-order valence-corrected chi connectivity index (χ1v) is 11.7. The number of nitrogens with one attached hydrogen (secondary N) is 1. The highest BCUT2D eigenvalue weighted by Gasteiger charge is 2.39. The first-order valence-electron chi connectivity index (χ1n) is 11.7. The largest absolute Gasteiger partial charge is 0.489 e. The molecule has 0 fully saturated rings. The Bertz CT molecular complexity index is 1190. The predicted molar refractivity (Wildman–Crippen MR) is 128 cm³/mol. The molecule has 2 aromatic rings. The number of hydrogen-bond acceptors (Lipinski definition) is 5. The van der Waals surface area contributed by atoms with Crippen molar-refractivity contribution in [2.75, 3.05) is 6.61 Å². The van der Waals surface area contributed by atoms with Gasteiger partial charge in [0.2, 0.25) is 0 Å². The van der Waals surface area contributed by atoms with Crippen molar-refractivity contribution >= 4 is 11.8 Å². The summed E-state index contributed by atoms with van der Waals surface area (Å²) >= 11 is 0. The maximum atomic E-state index is 13.2. The van der Waals surface area contributed by atoms with Gasteiger partial charge in [0.05, 0.1) is 12.2 Å². The first kappa shape index (κ1) is 23.7. The van der Waals surface area contributed by atoms with Gasteiger partial charge in [-0.25, -0.2) is 9.18 Å². The van der Waals surface area contributed by atoms with Crippen molar-refractivity contribution in [3.05, 3.63) is 87.0 Å². The summed E-state index contributed by atoms with van der Waals surface area (Å²) in [5.41, 5.74) is 6.64. The van der Waals surface area contributed by atoms with Gasteiger partial charge in [0.25, 0.3) is 0 Å². The maximum absolute atomic E-state index is 13.2. The Morgan fingerprint density at radius 1 is 1.09 bits per heavy atom. The van der Waals surface area contributed by atoms with Gasteiger partial charge in [0, 0.05) is 29.3 Å². The van der Waals surface area contributed by atoms with Crippen molar-refractivity contribution in [3.8, 4) is 5.75 Å². The van der Waals surface area contributed by atoms with Crippen LogP contribution in [0.2, 0.25) is 0 Å². The third-order valence-corrected chi connectivity index (χ3v) is 6.51. The number of Topliss-reactive ketones (excluding diaryl/α,β-unsaturated/α-hetero) is 1. The third-order valence-electron chi connectivity index (χ3n) is 6.51. The Hall–Kier alpha value is -3.41. The van der Waals surface area contributed by atoms with Crippen molar-refractivity contribution in [2.24, 2.45) is 0 Å². The van der Waals surface area contributed by atoms with Gasteiger partial charge in [0.15, 0.2) is 5.78 Å². The van der Waals surface area contributed by atoms with E-state index in [-0.39, 0.29) is 24.8 Å². The summed E-state index contributed by atoms with van der Waals surface area (Å²) in [5.74, 6) is -0.584. The number of dihydropyridines is 1. The van der Waals surface area contributed by atoms with Crippen molar-refractivity contribution in [1.82, 2.24) is 5.32 Å². The molecule has 4 rings (SSSR count). The van der Waals surface area contributed by atoms with E-state index in [0.29, 0.717) is 23.3 Å². The molecule has 0 radical (unpaired) electrons. The van der Waals surface area contributed by atoms with Crippen molar-refractivity contribution < 1.29 is 23.5 Å². The predicted octanol–water partition coefficient (Wildman–Crippen LogP) is 5.55. The second kappa shape index (κ2) is 9.84. The number of hydrogen-bond donors (Lipinski definition) is 1. The number of benzene rings is 2. The second-order valence-electron chi connectivity index (χ2n) is 8.86. The smallest absolute Gasteiger partial charge is 0.336 e. The fourth-order valence-corrected chi connectivity index (χ4v) is 4.85. The van der Waals surface area contributed by atoms with Crippen LogP contribution in [0.5, 0.6) is 5.75 Å². The molecular formula is C28H30FNO4. The summed E-state index contributed by atoms with van der Waals surface area (Å²) in [6.45, 7) is 8.19. The lowest BCUT2D eigenvalue weighted by molar-refractivity contribution is -0.138. The number of ether oxygens (including phenoxy) is 2. The quantitative estimate of drug-likeness (QED) is 0.569. The van der Waals surface area contributed by atoms with Gasteiger partial charge in [-0.05, 0) is 87.1 Å². The Kier molecular flexibility index (Phi) is 6.87. The van der Waals surface area contributed by atoms with Crippen LogP contribution >= 0.6 is 0 Å². The van der Waals surface area contributed by atoms with Crippen molar-refractivity contribution in [1.29, 1.82) is 0 Å². The van der Waals surface area contributed by atoms with Crippen LogP contribution in [0.15, 0.2) is 58.9 Å². The Morgan fingerprint density at radius 3 is 2.53 bits per heavy atom. The Labute approximate surface area is 199 Å². The van der Waals surface area contributed by atoms with E-state index >= 15 is 0 Å². The SMILES string of the molecule is CCOC(=O)C1=C(C)NC2=C(C(=O)CCC2)[C@@H]1c1cc(COc2ccc(F)cc2)c(C)cc1C. The molecule has 1 atom stereocenters. The molecular weight excluding hydrogens is 433 g/mol. The highest BCUT2D eigenvalue weighted by molar-refractivity contribution is 6.03. The van der Waals surface area contributed by atoms with Gasteiger partial charge >= 0.3 is 5.97 Å². The number of allylic oxidation sites excluding steroid dienone is 3.